The molecular formula is C21H44Na-. The van der Waals surface area contributed by atoms with Gasteiger partial charge in [-0.3, -0.25) is 0 Å². The van der Waals surface area contributed by atoms with Crippen LogP contribution in [-0.4, -0.2) is 0 Å². The monoisotopic (exact) mass is 319 g/mol. The quantitative estimate of drug-likeness (QED) is 0.382. The predicted octanol–water partition coefficient (Wildman–Crippen LogP) is 4.95. The maximum Gasteiger partial charge on any atom is 1.00 e. The second-order valence-electron chi connectivity index (χ2n) is 5.51. The molecule has 22 heavy (non-hydrogen) atoms. The molecule has 0 radical (unpaired) electrons. The van der Waals surface area contributed by atoms with Crippen LogP contribution < -0.4 is 29.6 Å². The summed E-state index contributed by atoms with van der Waals surface area (Å²) in [6.45, 7) is 20.9. The van der Waals surface area contributed by atoms with Crippen LogP contribution in [0.25, 0.3) is 0 Å². The summed E-state index contributed by atoms with van der Waals surface area (Å²) in [6, 6.07) is 0. The van der Waals surface area contributed by atoms with Gasteiger partial charge in [-0.25, -0.2) is 0 Å². The molecule has 0 aliphatic heterocycles. The van der Waals surface area contributed by atoms with E-state index < -0.39 is 0 Å². The fraction of sp³-hybridized carbons (Fsp3) is 0.619. The van der Waals surface area contributed by atoms with Gasteiger partial charge in [-0.05, 0) is 44.4 Å². The molecule has 0 rings (SSSR count). The van der Waals surface area contributed by atoms with Crippen molar-refractivity contribution in [3.05, 3.63) is 51.8 Å². The van der Waals surface area contributed by atoms with Crippen molar-refractivity contribution in [2.24, 2.45) is 17.8 Å². The van der Waals surface area contributed by atoms with E-state index >= 15 is 0 Å². The van der Waals surface area contributed by atoms with Gasteiger partial charge in [-0.15, -0.1) is 6.58 Å². The Morgan fingerprint density at radius 1 is 0.864 bits per heavy atom. The maximum absolute atomic E-state index is 3.68. The molecule has 0 bridgehead atoms. The summed E-state index contributed by atoms with van der Waals surface area (Å²) in [5.41, 5.74) is 0. The zero-order valence-electron chi connectivity index (χ0n) is 17.7. The molecule has 130 valence electrons. The van der Waals surface area contributed by atoms with Crippen LogP contribution in [0.5, 0.6) is 0 Å². The average Bonchev–Trinajstić information content (AvgIpc) is 2.37. The predicted molar refractivity (Wildman–Crippen MR) is 106 cm³/mol. The fourth-order valence-corrected chi connectivity index (χ4v) is 0.916. The van der Waals surface area contributed by atoms with E-state index in [0.717, 1.165) is 18.3 Å². The van der Waals surface area contributed by atoms with Gasteiger partial charge in [0.1, 0.15) is 0 Å². The van der Waals surface area contributed by atoms with Crippen LogP contribution in [-0.2, 0) is 0 Å². The van der Waals surface area contributed by atoms with E-state index in [1.807, 2.05) is 13.0 Å². The molecule has 1 atom stereocenters. The van der Waals surface area contributed by atoms with Crippen LogP contribution in [0.15, 0.2) is 37.0 Å². The molecule has 0 amide bonds. The molecule has 0 spiro atoms. The Bertz CT molecular complexity index is 212. The van der Waals surface area contributed by atoms with Crippen molar-refractivity contribution in [1.82, 2.24) is 0 Å². The zero-order chi connectivity index (χ0) is 15.7. The standard InChI is InChI=1S/2C7H14.C5H10.2CH3.Na/c1-5-7(4)6(2)3;1-4-5-6-7(2)3;1-3-5-4-2;;;/h5-7H,1H2,2-4H3;4-5,7H,6H2,1-3H3;3,5H,4H2,1-2H3;2*1H3;/q;;;2*-1;+1/b;5-4+;5-3+;;;/t7-;;;;;/m1...../s1. The third-order valence-electron chi connectivity index (χ3n) is 2.74. The van der Waals surface area contributed by atoms with E-state index in [0.29, 0.717) is 5.92 Å². The molecular weight excluding hydrogens is 275 g/mol. The largest absolute Gasteiger partial charge is 1.00 e. The van der Waals surface area contributed by atoms with Gasteiger partial charge in [0.05, 0.1) is 0 Å². The van der Waals surface area contributed by atoms with Crippen LogP contribution in [0.4, 0.5) is 0 Å². The van der Waals surface area contributed by atoms with Gasteiger partial charge < -0.3 is 14.9 Å². The van der Waals surface area contributed by atoms with E-state index in [-0.39, 0.29) is 44.4 Å². The molecule has 0 heterocycles. The van der Waals surface area contributed by atoms with Gasteiger partial charge in [0.25, 0.3) is 0 Å². The van der Waals surface area contributed by atoms with E-state index in [9.17, 15) is 0 Å². The van der Waals surface area contributed by atoms with Crippen LogP contribution in [0.2, 0.25) is 0 Å². The molecule has 0 aliphatic carbocycles. The number of hydrogen-bond acceptors (Lipinski definition) is 0. The summed E-state index contributed by atoms with van der Waals surface area (Å²) >= 11 is 0. The normalized spacial score (nSPS) is 10.5. The van der Waals surface area contributed by atoms with Crippen LogP contribution >= 0.6 is 0 Å². The molecule has 0 aromatic heterocycles. The van der Waals surface area contributed by atoms with Crippen molar-refractivity contribution in [2.45, 2.75) is 68.2 Å². The van der Waals surface area contributed by atoms with Crippen molar-refractivity contribution < 1.29 is 29.6 Å². The van der Waals surface area contributed by atoms with Gasteiger partial charge in [0, 0.05) is 0 Å². The van der Waals surface area contributed by atoms with E-state index in [1.165, 1.54) is 6.42 Å². The summed E-state index contributed by atoms with van der Waals surface area (Å²) in [5, 5.41) is 0. The topological polar surface area (TPSA) is 0 Å². The van der Waals surface area contributed by atoms with Gasteiger partial charge in [-0.1, -0.05) is 71.9 Å². The second kappa shape index (κ2) is 33.0. The summed E-state index contributed by atoms with van der Waals surface area (Å²) in [4.78, 5) is 0. The van der Waals surface area contributed by atoms with Crippen molar-refractivity contribution in [1.29, 1.82) is 0 Å². The Labute approximate surface area is 166 Å². The van der Waals surface area contributed by atoms with E-state index in [1.54, 1.807) is 0 Å². The molecule has 0 aromatic rings. The van der Waals surface area contributed by atoms with Crippen LogP contribution in [0.3, 0.4) is 0 Å². The minimum Gasteiger partial charge on any atom is -0.358 e. The molecule has 0 nitrogen and oxygen atoms in total. The van der Waals surface area contributed by atoms with Crippen molar-refractivity contribution in [3.63, 3.8) is 0 Å². The first-order valence-corrected chi connectivity index (χ1v) is 7.71. The van der Waals surface area contributed by atoms with Gasteiger partial charge in [0.2, 0.25) is 0 Å². The Morgan fingerprint density at radius 2 is 1.27 bits per heavy atom. The SMILES string of the molecule is C/C=C/CC.C/C=C/CC(C)C.C=C[C@@H](C)C(C)C.[CH3-].[CH3-].[Na+]. The molecule has 0 N–H and O–H groups in total. The Hall–Kier alpha value is 0.220. The summed E-state index contributed by atoms with van der Waals surface area (Å²) in [6.07, 6.45) is 12.8. The molecule has 0 unspecified atom stereocenters. The Balaban J connectivity index is -0.0000000414. The molecule has 0 fully saturated rings. The fourth-order valence-electron chi connectivity index (χ4n) is 0.916. The minimum atomic E-state index is 0. The summed E-state index contributed by atoms with van der Waals surface area (Å²) in [7, 11) is 0. The molecule has 0 aliphatic rings. The third kappa shape index (κ3) is 50.0. The molecule has 1 heteroatoms. The summed E-state index contributed by atoms with van der Waals surface area (Å²) < 4.78 is 0. The summed E-state index contributed by atoms with van der Waals surface area (Å²) in [5.74, 6) is 2.23. The van der Waals surface area contributed by atoms with E-state index in [4.69, 9.17) is 0 Å². The van der Waals surface area contributed by atoms with E-state index in [2.05, 4.69) is 79.3 Å². The smallest absolute Gasteiger partial charge is 0.358 e. The Kier molecular flexibility index (Phi) is 57.0. The van der Waals surface area contributed by atoms with Crippen LogP contribution in [0, 0.1) is 32.6 Å². The number of rotatable bonds is 5. The van der Waals surface area contributed by atoms with Crippen molar-refractivity contribution in [3.8, 4) is 0 Å². The third-order valence-corrected chi connectivity index (χ3v) is 2.74. The maximum atomic E-state index is 3.68. The molecule has 0 aromatic carbocycles. The number of allylic oxidation sites excluding steroid dienone is 5. The van der Waals surface area contributed by atoms with Crippen LogP contribution in [0.1, 0.15) is 68.2 Å². The molecule has 0 saturated carbocycles. The van der Waals surface area contributed by atoms with Crippen molar-refractivity contribution >= 4 is 0 Å². The first-order chi connectivity index (χ1) is 8.87. The van der Waals surface area contributed by atoms with Gasteiger partial charge in [-0.2, -0.15) is 0 Å². The first-order valence-electron chi connectivity index (χ1n) is 7.71. The molecule has 0 saturated heterocycles. The zero-order valence-corrected chi connectivity index (χ0v) is 19.7. The first kappa shape index (κ1) is 38.0. The van der Waals surface area contributed by atoms with Gasteiger partial charge in [0.15, 0.2) is 0 Å². The minimum absolute atomic E-state index is 0. The Morgan fingerprint density at radius 3 is 1.32 bits per heavy atom. The average molecular weight is 320 g/mol. The number of hydrogen-bond donors (Lipinski definition) is 0. The van der Waals surface area contributed by atoms with Gasteiger partial charge >= 0.3 is 29.6 Å². The van der Waals surface area contributed by atoms with Crippen molar-refractivity contribution in [2.75, 3.05) is 0 Å². The second-order valence-corrected chi connectivity index (χ2v) is 5.51.